The third-order valence-electron chi connectivity index (χ3n) is 4.16. The molecule has 0 spiro atoms. The molecule has 0 saturated carbocycles. The lowest BCUT2D eigenvalue weighted by molar-refractivity contribution is 0.0730. The Morgan fingerprint density at radius 3 is 2.63 bits per heavy atom. The van der Waals surface area contributed by atoms with E-state index in [1.165, 1.54) is 4.31 Å². The Bertz CT molecular complexity index is 832. The molecule has 1 aromatic carbocycles. The van der Waals surface area contributed by atoms with Crippen molar-refractivity contribution in [3.63, 3.8) is 0 Å². The molecule has 0 aliphatic carbocycles. The van der Waals surface area contributed by atoms with Crippen LogP contribution < -0.4 is 10.6 Å². The van der Waals surface area contributed by atoms with Crippen LogP contribution in [-0.4, -0.2) is 60.2 Å². The summed E-state index contributed by atoms with van der Waals surface area (Å²) in [6, 6.07) is 6.61. The Kier molecular flexibility index (Phi) is 6.78. The number of aromatic nitrogens is 2. The van der Waals surface area contributed by atoms with Crippen molar-refractivity contribution < 1.29 is 13.2 Å². The van der Waals surface area contributed by atoms with Gasteiger partial charge in [0.1, 0.15) is 0 Å². The molecule has 1 fully saturated rings. The summed E-state index contributed by atoms with van der Waals surface area (Å²) in [6.45, 7) is 3.22. The summed E-state index contributed by atoms with van der Waals surface area (Å²) < 4.78 is 33.9. The highest BCUT2D eigenvalue weighted by Crippen LogP contribution is 2.19. The highest BCUT2D eigenvalue weighted by Gasteiger charge is 2.26. The maximum atomic E-state index is 12.6. The normalized spacial score (nSPS) is 15.4. The van der Waals surface area contributed by atoms with Crippen molar-refractivity contribution in [3.8, 4) is 0 Å². The van der Waals surface area contributed by atoms with Gasteiger partial charge in [-0.15, -0.1) is 0 Å². The van der Waals surface area contributed by atoms with Crippen molar-refractivity contribution >= 4 is 33.0 Å². The lowest BCUT2D eigenvalue weighted by atomic mass is 10.3. The van der Waals surface area contributed by atoms with Gasteiger partial charge in [0.05, 0.1) is 24.4 Å². The van der Waals surface area contributed by atoms with Crippen molar-refractivity contribution in [2.45, 2.75) is 17.9 Å². The number of hydrogen-bond acceptors (Lipinski definition) is 5. The van der Waals surface area contributed by atoms with Gasteiger partial charge in [0.15, 0.2) is 5.11 Å². The molecule has 0 atom stereocenters. The Morgan fingerprint density at radius 2 is 1.96 bits per heavy atom. The third kappa shape index (κ3) is 5.48. The van der Waals surface area contributed by atoms with E-state index in [9.17, 15) is 8.42 Å². The number of rotatable bonds is 7. The van der Waals surface area contributed by atoms with E-state index in [0.717, 1.165) is 25.2 Å². The van der Waals surface area contributed by atoms with Crippen LogP contribution in [-0.2, 0) is 21.3 Å². The molecular weight excluding hydrogens is 386 g/mol. The van der Waals surface area contributed by atoms with E-state index < -0.39 is 10.0 Å². The fraction of sp³-hybridized carbons (Fsp3) is 0.412. The quantitative estimate of drug-likeness (QED) is 0.526. The highest BCUT2D eigenvalue weighted by atomic mass is 32.2. The van der Waals surface area contributed by atoms with E-state index in [4.69, 9.17) is 17.0 Å². The van der Waals surface area contributed by atoms with Crippen LogP contribution in [0.25, 0.3) is 0 Å². The highest BCUT2D eigenvalue weighted by molar-refractivity contribution is 7.89. The van der Waals surface area contributed by atoms with E-state index in [1.54, 1.807) is 36.8 Å². The molecule has 1 aliphatic rings. The lowest BCUT2D eigenvalue weighted by Crippen LogP contribution is -2.40. The topological polar surface area (TPSA) is 88.5 Å². The van der Waals surface area contributed by atoms with Crippen LogP contribution in [0, 0.1) is 0 Å². The number of nitrogens with one attached hydrogen (secondary N) is 2. The van der Waals surface area contributed by atoms with Crippen LogP contribution in [0.2, 0.25) is 0 Å². The summed E-state index contributed by atoms with van der Waals surface area (Å²) in [5, 5.41) is 6.71. The minimum Gasteiger partial charge on any atom is -0.379 e. The zero-order valence-electron chi connectivity index (χ0n) is 14.9. The Morgan fingerprint density at radius 1 is 1.22 bits per heavy atom. The van der Waals surface area contributed by atoms with Gasteiger partial charge in [-0.25, -0.2) is 13.4 Å². The first-order valence-corrected chi connectivity index (χ1v) is 10.6. The molecule has 3 rings (SSSR count). The standard InChI is InChI=1S/C17H23N5O3S2/c23-27(24,22-10-12-25-13-11-22)16-4-2-15(3-5-16)20-17(26)19-6-1-8-21-9-7-18-14-21/h2-5,7,9,14H,1,6,8,10-13H2,(H2,19,20,26). The summed E-state index contributed by atoms with van der Waals surface area (Å²) in [7, 11) is -3.48. The fourth-order valence-corrected chi connectivity index (χ4v) is 4.33. The van der Waals surface area contributed by atoms with Crippen LogP contribution >= 0.6 is 12.2 Å². The molecule has 10 heteroatoms. The molecule has 146 valence electrons. The summed E-state index contributed by atoms with van der Waals surface area (Å²) in [4.78, 5) is 4.27. The average molecular weight is 410 g/mol. The summed E-state index contributed by atoms with van der Waals surface area (Å²) in [5.41, 5.74) is 0.739. The van der Waals surface area contributed by atoms with Crippen LogP contribution in [0.5, 0.6) is 0 Å². The number of anilines is 1. The largest absolute Gasteiger partial charge is 0.379 e. The molecule has 2 N–H and O–H groups in total. The smallest absolute Gasteiger partial charge is 0.243 e. The van der Waals surface area contributed by atoms with Crippen molar-refractivity contribution in [2.75, 3.05) is 38.2 Å². The van der Waals surface area contributed by atoms with Crippen LogP contribution in [0.15, 0.2) is 47.9 Å². The van der Waals surface area contributed by atoms with Gasteiger partial charge in [0.25, 0.3) is 0 Å². The molecule has 2 aromatic rings. The van der Waals surface area contributed by atoms with E-state index >= 15 is 0 Å². The van der Waals surface area contributed by atoms with Crippen molar-refractivity contribution in [1.29, 1.82) is 0 Å². The number of morpholine rings is 1. The van der Waals surface area contributed by atoms with Crippen molar-refractivity contribution in [2.24, 2.45) is 0 Å². The predicted molar refractivity (Wildman–Crippen MR) is 107 cm³/mol. The SMILES string of the molecule is O=S(=O)(c1ccc(NC(=S)NCCCn2ccnc2)cc1)N1CCOCC1. The Hall–Kier alpha value is -2.01. The van der Waals surface area contributed by atoms with Crippen molar-refractivity contribution in [1.82, 2.24) is 19.2 Å². The molecule has 1 aliphatic heterocycles. The van der Waals surface area contributed by atoms with Crippen LogP contribution in [0.1, 0.15) is 6.42 Å². The number of ether oxygens (including phenoxy) is 1. The minimum atomic E-state index is -3.48. The predicted octanol–water partition coefficient (Wildman–Crippen LogP) is 1.28. The summed E-state index contributed by atoms with van der Waals surface area (Å²) in [5.74, 6) is 0. The van der Waals surface area contributed by atoms with Gasteiger partial charge in [-0.05, 0) is 42.9 Å². The van der Waals surface area contributed by atoms with Gasteiger partial charge >= 0.3 is 0 Å². The monoisotopic (exact) mass is 409 g/mol. The zero-order chi connectivity index (χ0) is 19.1. The maximum Gasteiger partial charge on any atom is 0.243 e. The molecular formula is C17H23N5O3S2. The maximum absolute atomic E-state index is 12.6. The first kappa shape index (κ1) is 19.7. The lowest BCUT2D eigenvalue weighted by Gasteiger charge is -2.26. The number of imidazole rings is 1. The zero-order valence-corrected chi connectivity index (χ0v) is 16.5. The van der Waals surface area contributed by atoms with Gasteiger partial charge in [0, 0.05) is 44.3 Å². The molecule has 8 nitrogen and oxygen atoms in total. The van der Waals surface area contributed by atoms with E-state index in [2.05, 4.69) is 15.6 Å². The fourth-order valence-electron chi connectivity index (χ4n) is 2.70. The van der Waals surface area contributed by atoms with E-state index in [0.29, 0.717) is 31.4 Å². The minimum absolute atomic E-state index is 0.272. The van der Waals surface area contributed by atoms with Gasteiger partial charge in [0.2, 0.25) is 10.0 Å². The molecule has 27 heavy (non-hydrogen) atoms. The average Bonchev–Trinajstić information content (AvgIpc) is 3.20. The second-order valence-corrected chi connectivity index (χ2v) is 8.42. The third-order valence-corrected chi connectivity index (χ3v) is 6.32. The van der Waals surface area contributed by atoms with Gasteiger partial charge in [-0.3, -0.25) is 0 Å². The number of hydrogen-bond donors (Lipinski definition) is 2. The first-order valence-electron chi connectivity index (χ1n) is 8.74. The molecule has 1 saturated heterocycles. The summed E-state index contributed by atoms with van der Waals surface area (Å²) in [6.07, 6.45) is 6.36. The van der Waals surface area contributed by atoms with Crippen molar-refractivity contribution in [3.05, 3.63) is 43.0 Å². The molecule has 0 radical (unpaired) electrons. The van der Waals surface area contributed by atoms with E-state index in [1.807, 2.05) is 10.8 Å². The van der Waals surface area contributed by atoms with Gasteiger partial charge in [-0.1, -0.05) is 0 Å². The number of thiocarbonyl (C=S) groups is 1. The molecule has 0 unspecified atom stereocenters. The van der Waals surface area contributed by atoms with Crippen LogP contribution in [0.3, 0.4) is 0 Å². The first-order chi connectivity index (χ1) is 13.1. The second-order valence-electron chi connectivity index (χ2n) is 6.08. The number of benzene rings is 1. The molecule has 0 bridgehead atoms. The Labute approximate surface area is 164 Å². The van der Waals surface area contributed by atoms with Gasteiger partial charge in [-0.2, -0.15) is 4.31 Å². The number of nitrogens with zero attached hydrogens (tertiary/aromatic N) is 3. The summed E-state index contributed by atoms with van der Waals surface area (Å²) >= 11 is 5.28. The Balaban J connectivity index is 1.47. The number of aryl methyl sites for hydroxylation is 1. The van der Waals surface area contributed by atoms with Gasteiger partial charge < -0.3 is 19.9 Å². The molecule has 1 aromatic heterocycles. The van der Waals surface area contributed by atoms with Crippen LogP contribution in [0.4, 0.5) is 5.69 Å². The second kappa shape index (κ2) is 9.27. The van der Waals surface area contributed by atoms with E-state index in [-0.39, 0.29) is 4.90 Å². The number of sulfonamides is 1. The molecule has 2 heterocycles. The molecule has 0 amide bonds.